The first-order chi connectivity index (χ1) is 15.0. The second kappa shape index (κ2) is 8.84. The molecule has 1 aromatic carbocycles. The Morgan fingerprint density at radius 2 is 1.84 bits per heavy atom. The van der Waals surface area contributed by atoms with Crippen molar-refractivity contribution in [3.05, 3.63) is 67.3 Å². The largest absolute Gasteiger partial charge is 0.332 e. The molecule has 4 rings (SSSR count). The molecule has 0 unspecified atom stereocenters. The van der Waals surface area contributed by atoms with Crippen LogP contribution in [0.15, 0.2) is 33.9 Å². The maximum absolute atomic E-state index is 12.9. The van der Waals surface area contributed by atoms with E-state index in [0.29, 0.717) is 31.6 Å². The van der Waals surface area contributed by atoms with Crippen molar-refractivity contribution in [2.24, 2.45) is 0 Å². The predicted octanol–water partition coefficient (Wildman–Crippen LogP) is 1.93. The Hall–Kier alpha value is -3.27. The van der Waals surface area contributed by atoms with Crippen LogP contribution in [-0.4, -0.2) is 39.3 Å². The molecule has 0 bridgehead atoms. The van der Waals surface area contributed by atoms with E-state index in [9.17, 15) is 9.59 Å². The van der Waals surface area contributed by atoms with Gasteiger partial charge in [-0.05, 0) is 47.4 Å². The zero-order valence-electron chi connectivity index (χ0n) is 17.4. The Kier molecular flexibility index (Phi) is 5.99. The molecule has 0 aliphatic carbocycles. The molecule has 0 spiro atoms. The fourth-order valence-electron chi connectivity index (χ4n) is 3.55. The number of aromatic amines is 1. The van der Waals surface area contributed by atoms with E-state index in [1.807, 2.05) is 13.8 Å². The number of hydrogen-bond donors (Lipinski definition) is 1. The van der Waals surface area contributed by atoms with Gasteiger partial charge in [-0.1, -0.05) is 36.8 Å². The average molecular weight is 443 g/mol. The zero-order chi connectivity index (χ0) is 22.0. The number of halogens is 1. The van der Waals surface area contributed by atoms with E-state index in [1.165, 1.54) is 14.7 Å². The van der Waals surface area contributed by atoms with Gasteiger partial charge in [-0.15, -0.1) is 5.10 Å². The number of nitrogens with zero attached hydrogens (tertiary/aromatic N) is 7. The van der Waals surface area contributed by atoms with Crippen LogP contribution in [0.4, 0.5) is 0 Å². The first-order valence-electron chi connectivity index (χ1n) is 10.2. The molecule has 0 aliphatic heterocycles. The van der Waals surface area contributed by atoms with Gasteiger partial charge in [-0.25, -0.2) is 9.48 Å². The molecular formula is C20H23ClN8O2. The first kappa shape index (κ1) is 21.0. The zero-order valence-corrected chi connectivity index (χ0v) is 18.1. The maximum Gasteiger partial charge on any atom is 0.332 e. The Morgan fingerprint density at radius 1 is 1.06 bits per heavy atom. The second-order valence-electron chi connectivity index (χ2n) is 7.45. The fourth-order valence-corrected chi connectivity index (χ4v) is 3.73. The fraction of sp³-hybridized carbons (Fsp3) is 0.400. The molecular weight excluding hydrogens is 420 g/mol. The van der Waals surface area contributed by atoms with Gasteiger partial charge in [0.2, 0.25) is 5.28 Å². The lowest BCUT2D eigenvalue weighted by Gasteiger charge is -2.11. The number of hydrogen-bond acceptors (Lipinski definition) is 6. The molecule has 1 N–H and O–H groups in total. The predicted molar refractivity (Wildman–Crippen MR) is 116 cm³/mol. The summed E-state index contributed by atoms with van der Waals surface area (Å²) in [6.07, 6.45) is 1.85. The molecule has 0 saturated carbocycles. The standard InChI is InChI=1S/C20H23ClN8O2/c1-3-9-27-17-16(22-19(21)23-17)18(30)28(20(27)31)10-4-11-29-15(24-25-26-29)12-14-7-5-13(2)6-8-14/h5-8H,3-4,9-12H2,1-2H3,(H,22,23). The average Bonchev–Trinajstić information content (AvgIpc) is 3.36. The van der Waals surface area contributed by atoms with Gasteiger partial charge in [0.25, 0.3) is 5.56 Å². The Morgan fingerprint density at radius 3 is 2.58 bits per heavy atom. The van der Waals surface area contributed by atoms with Crippen LogP contribution in [0.5, 0.6) is 0 Å². The van der Waals surface area contributed by atoms with E-state index in [-0.39, 0.29) is 23.0 Å². The number of aryl methyl sites for hydroxylation is 3. The van der Waals surface area contributed by atoms with Crippen molar-refractivity contribution in [2.45, 2.75) is 52.7 Å². The van der Waals surface area contributed by atoms with Crippen molar-refractivity contribution in [1.29, 1.82) is 0 Å². The van der Waals surface area contributed by atoms with Crippen molar-refractivity contribution in [3.63, 3.8) is 0 Å². The molecule has 4 aromatic rings. The van der Waals surface area contributed by atoms with E-state index in [4.69, 9.17) is 11.6 Å². The number of imidazole rings is 1. The lowest BCUT2D eigenvalue weighted by atomic mass is 10.1. The summed E-state index contributed by atoms with van der Waals surface area (Å²) < 4.78 is 4.41. The third-order valence-corrected chi connectivity index (χ3v) is 5.30. The number of rotatable bonds is 8. The molecule has 0 amide bonds. The molecule has 10 nitrogen and oxygen atoms in total. The van der Waals surface area contributed by atoms with Crippen LogP contribution in [0.3, 0.4) is 0 Å². The highest BCUT2D eigenvalue weighted by Gasteiger charge is 2.16. The third-order valence-electron chi connectivity index (χ3n) is 5.12. The summed E-state index contributed by atoms with van der Waals surface area (Å²) in [5.41, 5.74) is 2.02. The minimum absolute atomic E-state index is 0.0866. The topological polar surface area (TPSA) is 116 Å². The molecule has 0 saturated heterocycles. The summed E-state index contributed by atoms with van der Waals surface area (Å²) in [4.78, 5) is 32.6. The van der Waals surface area contributed by atoms with Crippen LogP contribution in [-0.2, 0) is 26.1 Å². The van der Waals surface area contributed by atoms with Crippen LogP contribution in [0.2, 0.25) is 5.28 Å². The SMILES string of the molecule is CCCn1c(=O)n(CCCn2nnnc2Cc2ccc(C)cc2)c(=O)c2[nH]c(Cl)nc21. The van der Waals surface area contributed by atoms with Crippen LogP contribution in [0, 0.1) is 6.92 Å². The minimum atomic E-state index is -0.427. The Balaban J connectivity index is 1.53. The second-order valence-corrected chi connectivity index (χ2v) is 7.81. The smallest absolute Gasteiger partial charge is 0.323 e. The summed E-state index contributed by atoms with van der Waals surface area (Å²) in [6, 6.07) is 8.20. The van der Waals surface area contributed by atoms with Gasteiger partial charge in [0.15, 0.2) is 17.0 Å². The summed E-state index contributed by atoms with van der Waals surface area (Å²) in [6.45, 7) is 5.16. The highest BCUT2D eigenvalue weighted by Crippen LogP contribution is 2.11. The molecule has 162 valence electrons. The molecule has 11 heteroatoms. The summed E-state index contributed by atoms with van der Waals surface area (Å²) in [5, 5.41) is 12.0. The van der Waals surface area contributed by atoms with E-state index >= 15 is 0 Å². The number of nitrogens with one attached hydrogen (secondary N) is 1. The summed E-state index contributed by atoms with van der Waals surface area (Å²) in [5.74, 6) is 0.732. The molecule has 3 aromatic heterocycles. The van der Waals surface area contributed by atoms with Gasteiger partial charge < -0.3 is 4.98 Å². The number of aromatic nitrogens is 8. The minimum Gasteiger partial charge on any atom is -0.323 e. The van der Waals surface area contributed by atoms with Gasteiger partial charge >= 0.3 is 5.69 Å². The number of benzene rings is 1. The monoisotopic (exact) mass is 442 g/mol. The summed E-state index contributed by atoms with van der Waals surface area (Å²) >= 11 is 5.94. The van der Waals surface area contributed by atoms with Crippen molar-refractivity contribution in [1.82, 2.24) is 39.3 Å². The van der Waals surface area contributed by atoms with Crippen molar-refractivity contribution in [3.8, 4) is 0 Å². The van der Waals surface area contributed by atoms with Gasteiger partial charge in [-0.3, -0.25) is 13.9 Å². The van der Waals surface area contributed by atoms with Crippen LogP contribution < -0.4 is 11.2 Å². The van der Waals surface area contributed by atoms with Crippen LogP contribution in [0.25, 0.3) is 11.2 Å². The lowest BCUT2D eigenvalue weighted by Crippen LogP contribution is -2.40. The highest BCUT2D eigenvalue weighted by molar-refractivity contribution is 6.28. The van der Waals surface area contributed by atoms with Crippen LogP contribution in [0.1, 0.15) is 36.7 Å². The molecule has 0 radical (unpaired) electrons. The molecule has 0 fully saturated rings. The maximum atomic E-state index is 12.9. The lowest BCUT2D eigenvalue weighted by molar-refractivity contribution is 0.477. The van der Waals surface area contributed by atoms with Gasteiger partial charge in [0.1, 0.15) is 0 Å². The number of H-pyrrole nitrogens is 1. The van der Waals surface area contributed by atoms with Crippen LogP contribution >= 0.6 is 11.6 Å². The first-order valence-corrected chi connectivity index (χ1v) is 10.5. The van der Waals surface area contributed by atoms with Crippen molar-refractivity contribution in [2.75, 3.05) is 0 Å². The van der Waals surface area contributed by atoms with Gasteiger partial charge in [-0.2, -0.15) is 4.98 Å². The van der Waals surface area contributed by atoms with E-state index < -0.39 is 5.56 Å². The molecule has 31 heavy (non-hydrogen) atoms. The van der Waals surface area contributed by atoms with Gasteiger partial charge in [0.05, 0.1) is 0 Å². The highest BCUT2D eigenvalue weighted by atomic mass is 35.5. The molecule has 0 aliphatic rings. The number of tetrazole rings is 1. The summed E-state index contributed by atoms with van der Waals surface area (Å²) in [7, 11) is 0. The van der Waals surface area contributed by atoms with E-state index in [0.717, 1.165) is 17.8 Å². The molecule has 3 heterocycles. The van der Waals surface area contributed by atoms with Gasteiger partial charge in [0, 0.05) is 26.1 Å². The molecule has 0 atom stereocenters. The van der Waals surface area contributed by atoms with Crippen molar-refractivity contribution >= 4 is 22.8 Å². The van der Waals surface area contributed by atoms with Crippen molar-refractivity contribution < 1.29 is 0 Å². The Labute approximate surface area is 182 Å². The normalized spacial score (nSPS) is 11.5. The van der Waals surface area contributed by atoms with E-state index in [2.05, 4.69) is 49.8 Å². The third kappa shape index (κ3) is 4.29. The quantitative estimate of drug-likeness (QED) is 0.417. The number of fused-ring (bicyclic) bond motifs is 1. The Bertz CT molecular complexity index is 1320. The van der Waals surface area contributed by atoms with E-state index in [1.54, 1.807) is 4.68 Å².